The molecule has 0 saturated carbocycles. The first-order valence-electron chi connectivity index (χ1n) is 8.54. The summed E-state index contributed by atoms with van der Waals surface area (Å²) in [4.78, 5) is 17.7. The lowest BCUT2D eigenvalue weighted by atomic mass is 10.1. The SMILES string of the molecule is Cc1ccc(Cl)cc1N=C1NC(=O)/C(=C\c2c(C)n(C)c3ccccc23)S1. The van der Waals surface area contributed by atoms with E-state index in [0.717, 1.165) is 33.4 Å². The van der Waals surface area contributed by atoms with Crippen LogP contribution in [0.25, 0.3) is 17.0 Å². The highest BCUT2D eigenvalue weighted by Crippen LogP contribution is 2.33. The number of aliphatic imine (C=N–C) groups is 1. The van der Waals surface area contributed by atoms with Gasteiger partial charge in [-0.1, -0.05) is 35.9 Å². The van der Waals surface area contributed by atoms with E-state index in [1.807, 2.05) is 44.3 Å². The third-order valence-corrected chi connectivity index (χ3v) is 5.91. The van der Waals surface area contributed by atoms with Crippen molar-refractivity contribution in [3.8, 4) is 0 Å². The lowest BCUT2D eigenvalue weighted by Gasteiger charge is -2.01. The number of amidine groups is 1. The minimum absolute atomic E-state index is 0.134. The molecule has 6 heteroatoms. The van der Waals surface area contributed by atoms with Crippen LogP contribution in [0.1, 0.15) is 16.8 Å². The van der Waals surface area contributed by atoms with E-state index in [2.05, 4.69) is 33.9 Å². The van der Waals surface area contributed by atoms with Crippen LogP contribution >= 0.6 is 23.4 Å². The van der Waals surface area contributed by atoms with Gasteiger partial charge in [-0.15, -0.1) is 0 Å². The minimum atomic E-state index is -0.134. The Labute approximate surface area is 166 Å². The zero-order valence-electron chi connectivity index (χ0n) is 15.2. The monoisotopic (exact) mass is 395 g/mol. The van der Waals surface area contributed by atoms with Crippen LogP contribution in [-0.4, -0.2) is 15.6 Å². The molecule has 0 bridgehead atoms. The third-order valence-electron chi connectivity index (χ3n) is 4.77. The molecule has 1 aliphatic heterocycles. The van der Waals surface area contributed by atoms with Gasteiger partial charge >= 0.3 is 0 Å². The number of aryl methyl sites for hydroxylation is 2. The molecule has 1 aromatic heterocycles. The van der Waals surface area contributed by atoms with E-state index in [0.29, 0.717) is 15.1 Å². The number of hydrogen-bond acceptors (Lipinski definition) is 3. The van der Waals surface area contributed by atoms with Crippen molar-refractivity contribution in [2.75, 3.05) is 0 Å². The highest BCUT2D eigenvalue weighted by Gasteiger charge is 2.25. The molecule has 0 unspecified atom stereocenters. The van der Waals surface area contributed by atoms with Crippen molar-refractivity contribution < 1.29 is 4.79 Å². The van der Waals surface area contributed by atoms with Gasteiger partial charge in [0.25, 0.3) is 5.91 Å². The van der Waals surface area contributed by atoms with Crippen molar-refractivity contribution in [3.63, 3.8) is 0 Å². The number of amides is 1. The summed E-state index contributed by atoms with van der Waals surface area (Å²) in [6, 6.07) is 13.7. The van der Waals surface area contributed by atoms with E-state index in [1.54, 1.807) is 6.07 Å². The lowest BCUT2D eigenvalue weighted by molar-refractivity contribution is -0.115. The molecule has 1 aliphatic rings. The van der Waals surface area contributed by atoms with Gasteiger partial charge in [-0.05, 0) is 55.4 Å². The number of para-hydroxylation sites is 1. The Balaban J connectivity index is 1.72. The number of rotatable bonds is 2. The molecule has 136 valence electrons. The Bertz CT molecular complexity index is 1140. The van der Waals surface area contributed by atoms with Crippen LogP contribution in [0, 0.1) is 13.8 Å². The number of nitrogens with zero attached hydrogens (tertiary/aromatic N) is 2. The summed E-state index contributed by atoms with van der Waals surface area (Å²) >= 11 is 7.41. The molecular formula is C21H18ClN3OS. The average molecular weight is 396 g/mol. The van der Waals surface area contributed by atoms with Gasteiger partial charge in [0.2, 0.25) is 0 Å². The van der Waals surface area contributed by atoms with E-state index < -0.39 is 0 Å². The molecule has 1 amide bonds. The molecule has 1 N–H and O–H groups in total. The molecule has 0 spiro atoms. The lowest BCUT2D eigenvalue weighted by Crippen LogP contribution is -2.19. The smallest absolute Gasteiger partial charge is 0.264 e. The summed E-state index contributed by atoms with van der Waals surface area (Å²) in [6.07, 6.45) is 1.95. The van der Waals surface area contributed by atoms with Crippen LogP contribution in [0.2, 0.25) is 5.02 Å². The highest BCUT2D eigenvalue weighted by molar-refractivity contribution is 8.18. The number of carbonyl (C=O) groups excluding carboxylic acids is 1. The third kappa shape index (κ3) is 3.29. The van der Waals surface area contributed by atoms with Crippen LogP contribution in [0.4, 0.5) is 5.69 Å². The summed E-state index contributed by atoms with van der Waals surface area (Å²) in [6.45, 7) is 4.03. The average Bonchev–Trinajstić information content (AvgIpc) is 3.11. The number of halogens is 1. The molecule has 2 aromatic carbocycles. The Morgan fingerprint density at radius 1 is 1.19 bits per heavy atom. The number of aromatic nitrogens is 1. The van der Waals surface area contributed by atoms with Gasteiger partial charge in [-0.3, -0.25) is 4.79 Å². The first kappa shape index (κ1) is 17.9. The fourth-order valence-electron chi connectivity index (χ4n) is 3.16. The van der Waals surface area contributed by atoms with Crippen LogP contribution in [0.5, 0.6) is 0 Å². The van der Waals surface area contributed by atoms with Crippen molar-refractivity contribution in [2.24, 2.45) is 12.0 Å². The van der Waals surface area contributed by atoms with Gasteiger partial charge < -0.3 is 9.88 Å². The van der Waals surface area contributed by atoms with Crippen LogP contribution in [0.3, 0.4) is 0 Å². The number of nitrogens with one attached hydrogen (secondary N) is 1. The van der Waals surface area contributed by atoms with Crippen molar-refractivity contribution >= 4 is 57.1 Å². The second kappa shape index (κ2) is 6.91. The van der Waals surface area contributed by atoms with Crippen LogP contribution in [-0.2, 0) is 11.8 Å². The van der Waals surface area contributed by atoms with E-state index in [1.165, 1.54) is 11.8 Å². The second-order valence-electron chi connectivity index (χ2n) is 6.49. The molecule has 27 heavy (non-hydrogen) atoms. The largest absolute Gasteiger partial charge is 0.347 e. The van der Waals surface area contributed by atoms with E-state index in [-0.39, 0.29) is 5.91 Å². The summed E-state index contributed by atoms with van der Waals surface area (Å²) in [5, 5.41) is 5.17. The van der Waals surface area contributed by atoms with Gasteiger partial charge in [0.05, 0.1) is 10.6 Å². The van der Waals surface area contributed by atoms with Crippen molar-refractivity contribution in [1.29, 1.82) is 0 Å². The minimum Gasteiger partial charge on any atom is -0.347 e. The fourth-order valence-corrected chi connectivity index (χ4v) is 4.14. The first-order chi connectivity index (χ1) is 12.9. The molecule has 4 rings (SSSR count). The number of benzene rings is 2. The normalized spacial score (nSPS) is 17.3. The number of hydrogen-bond donors (Lipinski definition) is 1. The van der Waals surface area contributed by atoms with E-state index in [9.17, 15) is 4.79 Å². The zero-order valence-corrected chi connectivity index (χ0v) is 16.8. The van der Waals surface area contributed by atoms with Crippen LogP contribution < -0.4 is 5.32 Å². The molecular weight excluding hydrogens is 378 g/mol. The maximum absolute atomic E-state index is 12.5. The van der Waals surface area contributed by atoms with Gasteiger partial charge in [-0.25, -0.2) is 4.99 Å². The van der Waals surface area contributed by atoms with Crippen LogP contribution in [0.15, 0.2) is 52.4 Å². The van der Waals surface area contributed by atoms with Crippen molar-refractivity contribution in [3.05, 3.63) is 69.2 Å². The van der Waals surface area contributed by atoms with Crippen molar-refractivity contribution in [2.45, 2.75) is 13.8 Å². The molecule has 0 radical (unpaired) electrons. The molecule has 0 aliphatic carbocycles. The molecule has 1 fully saturated rings. The quantitative estimate of drug-likeness (QED) is 0.595. The Morgan fingerprint density at radius 3 is 2.78 bits per heavy atom. The second-order valence-corrected chi connectivity index (χ2v) is 7.95. The van der Waals surface area contributed by atoms with Gasteiger partial charge in [-0.2, -0.15) is 0 Å². The zero-order chi connectivity index (χ0) is 19.1. The summed E-state index contributed by atoms with van der Waals surface area (Å²) < 4.78 is 2.14. The topological polar surface area (TPSA) is 46.4 Å². The Kier molecular flexibility index (Phi) is 4.58. The molecule has 2 heterocycles. The van der Waals surface area contributed by atoms with E-state index in [4.69, 9.17) is 11.6 Å². The molecule has 3 aromatic rings. The predicted molar refractivity (Wildman–Crippen MR) is 115 cm³/mol. The molecule has 4 nitrogen and oxygen atoms in total. The predicted octanol–water partition coefficient (Wildman–Crippen LogP) is 5.34. The summed E-state index contributed by atoms with van der Waals surface area (Å²) in [7, 11) is 2.04. The van der Waals surface area contributed by atoms with Crippen molar-refractivity contribution in [1.82, 2.24) is 9.88 Å². The Hall–Kier alpha value is -2.50. The van der Waals surface area contributed by atoms with Gasteiger partial charge in [0.1, 0.15) is 0 Å². The van der Waals surface area contributed by atoms with Gasteiger partial charge in [0.15, 0.2) is 5.17 Å². The number of carbonyl (C=O) groups is 1. The summed E-state index contributed by atoms with van der Waals surface area (Å²) in [5.74, 6) is -0.134. The molecule has 0 atom stereocenters. The Morgan fingerprint density at radius 2 is 1.96 bits per heavy atom. The highest BCUT2D eigenvalue weighted by atomic mass is 35.5. The standard InChI is InChI=1S/C21H18ClN3OS/c1-12-8-9-14(22)10-17(12)23-21-24-20(26)19(27-21)11-16-13(2)25(3)18-7-5-4-6-15(16)18/h4-11H,1-3H3,(H,23,24,26)/b19-11+. The molecule has 1 saturated heterocycles. The maximum atomic E-state index is 12.5. The fraction of sp³-hybridized carbons (Fsp3) is 0.143. The summed E-state index contributed by atoms with van der Waals surface area (Å²) in [5.41, 5.74) is 5.09. The van der Waals surface area contributed by atoms with E-state index >= 15 is 0 Å². The maximum Gasteiger partial charge on any atom is 0.264 e. The number of fused-ring (bicyclic) bond motifs is 1. The number of thioether (sulfide) groups is 1. The van der Waals surface area contributed by atoms with Gasteiger partial charge in [0, 0.05) is 34.2 Å². The first-order valence-corrected chi connectivity index (χ1v) is 9.73.